The van der Waals surface area contributed by atoms with Crippen LogP contribution in [0.25, 0.3) is 0 Å². The van der Waals surface area contributed by atoms with Gasteiger partial charge in [-0.05, 0) is 28.1 Å². The van der Waals surface area contributed by atoms with Gasteiger partial charge in [0.2, 0.25) is 0 Å². The first-order valence-corrected chi connectivity index (χ1v) is 5.00. The zero-order chi connectivity index (χ0) is 10.6. The van der Waals surface area contributed by atoms with Crippen molar-refractivity contribution in [3.8, 4) is 5.75 Å². The van der Waals surface area contributed by atoms with Crippen molar-refractivity contribution < 1.29 is 9.13 Å². The molecule has 0 saturated carbocycles. The van der Waals surface area contributed by atoms with Crippen LogP contribution >= 0.6 is 27.5 Å². The van der Waals surface area contributed by atoms with Crippen LogP contribution in [-0.2, 0) is 0 Å². The van der Waals surface area contributed by atoms with Gasteiger partial charge in [0.15, 0.2) is 0 Å². The second-order valence-corrected chi connectivity index (χ2v) is 3.58. The van der Waals surface area contributed by atoms with Gasteiger partial charge in [0.1, 0.15) is 18.2 Å². The van der Waals surface area contributed by atoms with Crippen molar-refractivity contribution in [1.82, 2.24) is 0 Å². The summed E-state index contributed by atoms with van der Waals surface area (Å²) in [6.07, 6.45) is 1.58. The number of rotatable bonds is 3. The fourth-order valence-corrected chi connectivity index (χ4v) is 1.28. The smallest absolute Gasteiger partial charge is 0.145 e. The number of anilines is 1. The van der Waals surface area contributed by atoms with Crippen molar-refractivity contribution in [3.05, 3.63) is 34.0 Å². The maximum absolute atomic E-state index is 13.0. The van der Waals surface area contributed by atoms with Crippen molar-refractivity contribution in [1.29, 1.82) is 0 Å². The molecule has 0 bridgehead atoms. The molecule has 14 heavy (non-hydrogen) atoms. The van der Waals surface area contributed by atoms with E-state index in [1.807, 2.05) is 0 Å². The lowest BCUT2D eigenvalue weighted by atomic mass is 10.3. The predicted octanol–water partition coefficient (Wildman–Crippen LogP) is 3.30. The predicted molar refractivity (Wildman–Crippen MR) is 59.0 cm³/mol. The standard InChI is InChI=1S/C9H8BrClFNO/c10-6-4-8(13)9(5-7(6)12)14-3-1-2-11/h1-2,4-5H,3,13H2/b2-1+. The topological polar surface area (TPSA) is 35.2 Å². The van der Waals surface area contributed by atoms with E-state index in [0.29, 0.717) is 15.9 Å². The first kappa shape index (κ1) is 11.3. The van der Waals surface area contributed by atoms with Gasteiger partial charge in [0.05, 0.1) is 10.2 Å². The minimum absolute atomic E-state index is 0.259. The summed E-state index contributed by atoms with van der Waals surface area (Å²) in [5.41, 5.74) is 7.29. The summed E-state index contributed by atoms with van der Waals surface area (Å²) < 4.78 is 18.5. The van der Waals surface area contributed by atoms with Crippen LogP contribution in [0.2, 0.25) is 0 Å². The van der Waals surface area contributed by atoms with Crippen LogP contribution in [0, 0.1) is 5.82 Å². The van der Waals surface area contributed by atoms with Gasteiger partial charge < -0.3 is 10.5 Å². The summed E-state index contributed by atoms with van der Waals surface area (Å²) >= 11 is 8.31. The van der Waals surface area contributed by atoms with Crippen LogP contribution in [0.3, 0.4) is 0 Å². The molecule has 0 aliphatic carbocycles. The van der Waals surface area contributed by atoms with Gasteiger partial charge in [-0.1, -0.05) is 11.6 Å². The molecule has 0 radical (unpaired) electrons. The second kappa shape index (κ2) is 5.22. The number of hydrogen-bond acceptors (Lipinski definition) is 2. The molecule has 0 spiro atoms. The summed E-state index contributed by atoms with van der Waals surface area (Å²) in [5, 5.41) is 0. The van der Waals surface area contributed by atoms with Gasteiger partial charge in [-0.3, -0.25) is 0 Å². The van der Waals surface area contributed by atoms with Crippen LogP contribution in [0.5, 0.6) is 5.75 Å². The van der Waals surface area contributed by atoms with Crippen molar-refractivity contribution in [3.63, 3.8) is 0 Å². The molecule has 76 valence electrons. The van der Waals surface area contributed by atoms with Gasteiger partial charge in [-0.25, -0.2) is 4.39 Å². The summed E-state index contributed by atoms with van der Waals surface area (Å²) in [6.45, 7) is 0.259. The monoisotopic (exact) mass is 279 g/mol. The molecule has 0 aromatic heterocycles. The Morgan fingerprint density at radius 2 is 2.29 bits per heavy atom. The second-order valence-electron chi connectivity index (χ2n) is 2.48. The maximum Gasteiger partial charge on any atom is 0.145 e. The number of hydrogen-bond donors (Lipinski definition) is 1. The fourth-order valence-electron chi connectivity index (χ4n) is 0.843. The SMILES string of the molecule is Nc1cc(Br)c(F)cc1OC/C=C/Cl. The molecule has 0 aliphatic heterocycles. The third-order valence-electron chi connectivity index (χ3n) is 1.48. The molecule has 0 heterocycles. The molecule has 2 nitrogen and oxygen atoms in total. The van der Waals surface area contributed by atoms with Crippen LogP contribution in [0.4, 0.5) is 10.1 Å². The molecule has 0 unspecified atom stereocenters. The molecule has 1 aromatic rings. The fraction of sp³-hybridized carbons (Fsp3) is 0.111. The van der Waals surface area contributed by atoms with E-state index in [4.69, 9.17) is 22.1 Å². The Bertz CT molecular complexity index is 357. The van der Waals surface area contributed by atoms with Crippen LogP contribution in [-0.4, -0.2) is 6.61 Å². The lowest BCUT2D eigenvalue weighted by Crippen LogP contribution is -1.98. The van der Waals surface area contributed by atoms with Gasteiger partial charge in [0, 0.05) is 11.6 Å². The highest BCUT2D eigenvalue weighted by atomic mass is 79.9. The van der Waals surface area contributed by atoms with E-state index in [9.17, 15) is 4.39 Å². The van der Waals surface area contributed by atoms with E-state index >= 15 is 0 Å². The van der Waals surface area contributed by atoms with E-state index in [-0.39, 0.29) is 6.61 Å². The Hall–Kier alpha value is -0.740. The molecular weight excluding hydrogens is 272 g/mol. The van der Waals surface area contributed by atoms with Gasteiger partial charge in [-0.2, -0.15) is 0 Å². The Morgan fingerprint density at radius 1 is 1.57 bits per heavy atom. The molecule has 0 atom stereocenters. The highest BCUT2D eigenvalue weighted by molar-refractivity contribution is 9.10. The van der Waals surface area contributed by atoms with Gasteiger partial charge in [-0.15, -0.1) is 0 Å². The molecular formula is C9H8BrClFNO. The van der Waals surface area contributed by atoms with E-state index in [0.717, 1.165) is 0 Å². The van der Waals surface area contributed by atoms with E-state index in [2.05, 4.69) is 15.9 Å². The van der Waals surface area contributed by atoms with E-state index in [1.54, 1.807) is 6.08 Å². The summed E-state index contributed by atoms with van der Waals surface area (Å²) in [6, 6.07) is 2.68. The highest BCUT2D eigenvalue weighted by Crippen LogP contribution is 2.28. The molecule has 2 N–H and O–H groups in total. The lowest BCUT2D eigenvalue weighted by molar-refractivity contribution is 0.362. The number of nitrogen functional groups attached to an aromatic ring is 1. The van der Waals surface area contributed by atoms with Crippen molar-refractivity contribution in [2.45, 2.75) is 0 Å². The largest absolute Gasteiger partial charge is 0.487 e. The quantitative estimate of drug-likeness (QED) is 0.862. The number of benzene rings is 1. The minimum Gasteiger partial charge on any atom is -0.487 e. The van der Waals surface area contributed by atoms with Crippen LogP contribution in [0.15, 0.2) is 28.2 Å². The lowest BCUT2D eigenvalue weighted by Gasteiger charge is -2.07. The summed E-state index contributed by atoms with van der Waals surface area (Å²) in [7, 11) is 0. The normalized spacial score (nSPS) is 10.8. The minimum atomic E-state index is -0.413. The average molecular weight is 281 g/mol. The number of nitrogens with two attached hydrogens (primary N) is 1. The Kier molecular flexibility index (Phi) is 4.22. The zero-order valence-corrected chi connectivity index (χ0v) is 9.48. The maximum atomic E-state index is 13.0. The molecule has 0 fully saturated rings. The molecule has 5 heteroatoms. The van der Waals surface area contributed by atoms with Crippen molar-refractivity contribution in [2.24, 2.45) is 0 Å². The van der Waals surface area contributed by atoms with Gasteiger partial charge >= 0.3 is 0 Å². The van der Waals surface area contributed by atoms with Crippen LogP contribution in [0.1, 0.15) is 0 Å². The molecule has 0 amide bonds. The Morgan fingerprint density at radius 3 is 2.93 bits per heavy atom. The van der Waals surface area contributed by atoms with Crippen LogP contribution < -0.4 is 10.5 Å². The van der Waals surface area contributed by atoms with Crippen molar-refractivity contribution >= 4 is 33.2 Å². The first-order valence-electron chi connectivity index (χ1n) is 3.77. The van der Waals surface area contributed by atoms with Gasteiger partial charge in [0.25, 0.3) is 0 Å². The zero-order valence-electron chi connectivity index (χ0n) is 7.14. The number of ether oxygens (including phenoxy) is 1. The third-order valence-corrected chi connectivity index (χ3v) is 2.26. The Labute approximate surface area is 94.6 Å². The first-order chi connectivity index (χ1) is 6.65. The summed E-state index contributed by atoms with van der Waals surface area (Å²) in [5.74, 6) is -0.107. The van der Waals surface area contributed by atoms with Crippen molar-refractivity contribution in [2.75, 3.05) is 12.3 Å². The molecule has 1 rings (SSSR count). The van der Waals surface area contributed by atoms with E-state index in [1.165, 1.54) is 17.7 Å². The summed E-state index contributed by atoms with van der Waals surface area (Å²) in [4.78, 5) is 0. The number of halogens is 3. The average Bonchev–Trinajstić information content (AvgIpc) is 2.14. The molecule has 1 aromatic carbocycles. The molecule has 0 aliphatic rings. The van der Waals surface area contributed by atoms with E-state index < -0.39 is 5.82 Å². The highest BCUT2D eigenvalue weighted by Gasteiger charge is 2.06. The molecule has 0 saturated heterocycles. The Balaban J connectivity index is 2.81. The third kappa shape index (κ3) is 2.89.